The van der Waals surface area contributed by atoms with Gasteiger partial charge < -0.3 is 4.74 Å². The van der Waals surface area contributed by atoms with Crippen LogP contribution in [0.3, 0.4) is 0 Å². The van der Waals surface area contributed by atoms with Crippen molar-refractivity contribution in [2.45, 2.75) is 52.2 Å². The minimum absolute atomic E-state index is 0.370. The molecule has 0 spiro atoms. The summed E-state index contributed by atoms with van der Waals surface area (Å²) in [5.41, 5.74) is 2.06. The van der Waals surface area contributed by atoms with E-state index in [0.717, 1.165) is 5.69 Å². The highest BCUT2D eigenvalue weighted by Gasteiger charge is 2.37. The Kier molecular flexibility index (Phi) is 4.95. The van der Waals surface area contributed by atoms with E-state index in [1.807, 2.05) is 58.0 Å². The maximum absolute atomic E-state index is 12.1. The van der Waals surface area contributed by atoms with Gasteiger partial charge in [0.1, 0.15) is 5.60 Å². The SMILES string of the molecule is CCC(C)(ONc1ccccc1)C(=O)OC(C)(C)C. The Morgan fingerprint density at radius 1 is 1.16 bits per heavy atom. The number of para-hydroxylation sites is 1. The van der Waals surface area contributed by atoms with Crippen molar-refractivity contribution in [2.75, 3.05) is 5.48 Å². The molecule has 0 bridgehead atoms. The van der Waals surface area contributed by atoms with Crippen LogP contribution in [0.1, 0.15) is 41.0 Å². The van der Waals surface area contributed by atoms with Crippen molar-refractivity contribution in [3.05, 3.63) is 30.3 Å². The summed E-state index contributed by atoms with van der Waals surface area (Å²) in [6.45, 7) is 9.12. The van der Waals surface area contributed by atoms with Gasteiger partial charge in [-0.25, -0.2) is 4.79 Å². The number of nitrogens with one attached hydrogen (secondary N) is 1. The number of carbonyl (C=O) groups is 1. The van der Waals surface area contributed by atoms with Crippen molar-refractivity contribution in [1.29, 1.82) is 0 Å². The summed E-state index contributed by atoms with van der Waals surface area (Å²) in [4.78, 5) is 17.7. The van der Waals surface area contributed by atoms with E-state index in [9.17, 15) is 4.79 Å². The monoisotopic (exact) mass is 265 g/mol. The molecule has 0 amide bonds. The normalized spacial score (nSPS) is 14.6. The second-order valence-electron chi connectivity index (χ2n) is 5.66. The van der Waals surface area contributed by atoms with Gasteiger partial charge in [-0.1, -0.05) is 25.1 Å². The van der Waals surface area contributed by atoms with Crippen molar-refractivity contribution >= 4 is 11.7 Å². The number of hydrogen-bond acceptors (Lipinski definition) is 4. The van der Waals surface area contributed by atoms with E-state index in [-0.39, 0.29) is 5.97 Å². The summed E-state index contributed by atoms with van der Waals surface area (Å²) in [7, 11) is 0. The van der Waals surface area contributed by atoms with Crippen molar-refractivity contribution in [1.82, 2.24) is 0 Å². The summed E-state index contributed by atoms with van der Waals surface area (Å²) in [5.74, 6) is -0.370. The van der Waals surface area contributed by atoms with Crippen LogP contribution in [0, 0.1) is 0 Å². The molecule has 0 aromatic heterocycles. The molecule has 0 aliphatic heterocycles. The lowest BCUT2D eigenvalue weighted by Gasteiger charge is -2.30. The average molecular weight is 265 g/mol. The Hall–Kier alpha value is -1.55. The van der Waals surface area contributed by atoms with E-state index in [1.54, 1.807) is 6.92 Å². The molecule has 0 radical (unpaired) electrons. The first-order valence-corrected chi connectivity index (χ1v) is 6.49. The smallest absolute Gasteiger partial charge is 0.341 e. The van der Waals surface area contributed by atoms with Crippen molar-refractivity contribution in [2.24, 2.45) is 0 Å². The molecule has 1 rings (SSSR count). The Bertz CT molecular complexity index is 411. The van der Waals surface area contributed by atoms with Crippen LogP contribution in [0.2, 0.25) is 0 Å². The van der Waals surface area contributed by atoms with Crippen LogP contribution in [-0.2, 0) is 14.4 Å². The number of hydrogen-bond donors (Lipinski definition) is 1. The predicted octanol–water partition coefficient (Wildman–Crippen LogP) is 3.54. The molecule has 1 N–H and O–H groups in total. The molecule has 19 heavy (non-hydrogen) atoms. The highest BCUT2D eigenvalue weighted by Crippen LogP contribution is 2.22. The first-order chi connectivity index (χ1) is 8.77. The molecule has 1 aromatic rings. The first-order valence-electron chi connectivity index (χ1n) is 6.49. The molecule has 0 aliphatic rings. The van der Waals surface area contributed by atoms with Crippen LogP contribution in [0.25, 0.3) is 0 Å². The van der Waals surface area contributed by atoms with Crippen LogP contribution in [0.15, 0.2) is 30.3 Å². The van der Waals surface area contributed by atoms with E-state index in [0.29, 0.717) is 6.42 Å². The quantitative estimate of drug-likeness (QED) is 0.653. The maximum atomic E-state index is 12.1. The lowest BCUT2D eigenvalue weighted by molar-refractivity contribution is -0.179. The first kappa shape index (κ1) is 15.5. The summed E-state index contributed by atoms with van der Waals surface area (Å²) in [6, 6.07) is 9.43. The van der Waals surface area contributed by atoms with Gasteiger partial charge in [0.15, 0.2) is 5.60 Å². The lowest BCUT2D eigenvalue weighted by Crippen LogP contribution is -2.44. The number of ether oxygens (including phenoxy) is 1. The predicted molar refractivity (Wildman–Crippen MR) is 75.7 cm³/mol. The highest BCUT2D eigenvalue weighted by atomic mass is 16.7. The van der Waals surface area contributed by atoms with Gasteiger partial charge in [0, 0.05) is 0 Å². The van der Waals surface area contributed by atoms with E-state index in [1.165, 1.54) is 0 Å². The third-order valence-corrected chi connectivity index (χ3v) is 2.67. The molecule has 1 atom stereocenters. The fraction of sp³-hybridized carbons (Fsp3) is 0.533. The van der Waals surface area contributed by atoms with Gasteiger partial charge in [0.2, 0.25) is 0 Å². The summed E-state index contributed by atoms with van der Waals surface area (Å²) >= 11 is 0. The number of anilines is 1. The van der Waals surface area contributed by atoms with Crippen LogP contribution in [-0.4, -0.2) is 17.2 Å². The molecule has 1 unspecified atom stereocenters. The molecule has 4 heteroatoms. The molecule has 0 saturated carbocycles. The van der Waals surface area contributed by atoms with Gasteiger partial charge in [0.05, 0.1) is 5.69 Å². The van der Waals surface area contributed by atoms with Crippen molar-refractivity contribution in [3.8, 4) is 0 Å². The minimum Gasteiger partial charge on any atom is -0.458 e. The van der Waals surface area contributed by atoms with Crippen LogP contribution in [0.4, 0.5) is 5.69 Å². The topological polar surface area (TPSA) is 47.6 Å². The van der Waals surface area contributed by atoms with Gasteiger partial charge in [-0.15, -0.1) is 0 Å². The standard InChI is InChI=1S/C15H23NO3/c1-6-15(5,13(17)18-14(2,3)4)19-16-12-10-8-7-9-11-12/h7-11,16H,6H2,1-5H3. The van der Waals surface area contributed by atoms with E-state index >= 15 is 0 Å². The second kappa shape index (κ2) is 6.06. The molecule has 0 fully saturated rings. The fourth-order valence-corrected chi connectivity index (χ4v) is 1.32. The summed E-state index contributed by atoms with van der Waals surface area (Å²) in [5, 5.41) is 0. The van der Waals surface area contributed by atoms with E-state index in [4.69, 9.17) is 9.57 Å². The minimum atomic E-state index is -1.01. The highest BCUT2D eigenvalue weighted by molar-refractivity contribution is 5.79. The average Bonchev–Trinajstić information content (AvgIpc) is 2.35. The lowest BCUT2D eigenvalue weighted by atomic mass is 10.0. The maximum Gasteiger partial charge on any atom is 0.341 e. The second-order valence-corrected chi connectivity index (χ2v) is 5.66. The number of rotatable bonds is 5. The molecular formula is C15H23NO3. The number of esters is 1. The van der Waals surface area contributed by atoms with E-state index in [2.05, 4.69) is 5.48 Å². The Balaban J connectivity index is 2.67. The molecular weight excluding hydrogens is 242 g/mol. The summed E-state index contributed by atoms with van der Waals surface area (Å²) in [6.07, 6.45) is 0.516. The molecule has 1 aromatic carbocycles. The Morgan fingerprint density at radius 3 is 2.21 bits per heavy atom. The largest absolute Gasteiger partial charge is 0.458 e. The van der Waals surface area contributed by atoms with Crippen molar-refractivity contribution in [3.63, 3.8) is 0 Å². The van der Waals surface area contributed by atoms with Gasteiger partial charge >= 0.3 is 5.97 Å². The zero-order chi connectivity index (χ0) is 14.5. The molecule has 106 valence electrons. The summed E-state index contributed by atoms with van der Waals surface area (Å²) < 4.78 is 5.38. The third-order valence-electron chi connectivity index (χ3n) is 2.67. The van der Waals surface area contributed by atoms with Crippen LogP contribution < -0.4 is 5.48 Å². The van der Waals surface area contributed by atoms with Gasteiger partial charge in [-0.05, 0) is 46.2 Å². The zero-order valence-electron chi connectivity index (χ0n) is 12.3. The van der Waals surface area contributed by atoms with E-state index < -0.39 is 11.2 Å². The fourth-order valence-electron chi connectivity index (χ4n) is 1.32. The van der Waals surface area contributed by atoms with Gasteiger partial charge in [-0.2, -0.15) is 0 Å². The molecule has 0 aliphatic carbocycles. The van der Waals surface area contributed by atoms with Crippen molar-refractivity contribution < 1.29 is 14.4 Å². The Labute approximate surface area is 115 Å². The zero-order valence-corrected chi connectivity index (χ0v) is 12.3. The van der Waals surface area contributed by atoms with Gasteiger partial charge in [0.25, 0.3) is 0 Å². The number of benzene rings is 1. The van der Waals surface area contributed by atoms with Gasteiger partial charge in [-0.3, -0.25) is 10.3 Å². The van der Waals surface area contributed by atoms with Crippen LogP contribution >= 0.6 is 0 Å². The Morgan fingerprint density at radius 2 is 1.74 bits per heavy atom. The molecule has 0 saturated heterocycles. The third kappa shape index (κ3) is 4.91. The molecule has 4 nitrogen and oxygen atoms in total. The van der Waals surface area contributed by atoms with Crippen LogP contribution in [0.5, 0.6) is 0 Å². The number of carbonyl (C=O) groups excluding carboxylic acids is 1. The molecule has 0 heterocycles.